The molecule has 104 valence electrons. The molecule has 0 spiro atoms. The second kappa shape index (κ2) is 5.91. The van der Waals surface area contributed by atoms with Crippen LogP contribution in [0.1, 0.15) is 12.1 Å². The molecular weight excluding hydrogens is 286 g/mol. The van der Waals surface area contributed by atoms with Gasteiger partial charge >= 0.3 is 0 Å². The Morgan fingerprint density at radius 3 is 3.05 bits per heavy atom. The highest BCUT2D eigenvalue weighted by molar-refractivity contribution is 7.89. The molecule has 8 heteroatoms. The Balaban J connectivity index is 2.17. The Labute approximate surface area is 117 Å². The lowest BCUT2D eigenvalue weighted by Crippen LogP contribution is -2.31. The maximum absolute atomic E-state index is 12.2. The number of sulfonamides is 1. The van der Waals surface area contributed by atoms with Gasteiger partial charge in [0.15, 0.2) is 0 Å². The smallest absolute Gasteiger partial charge is 0.242 e. The van der Waals surface area contributed by atoms with Gasteiger partial charge in [0.2, 0.25) is 10.0 Å². The van der Waals surface area contributed by atoms with Crippen molar-refractivity contribution in [1.29, 1.82) is 0 Å². The third kappa shape index (κ3) is 3.47. The van der Waals surface area contributed by atoms with Crippen LogP contribution in [0.4, 0.5) is 0 Å². The van der Waals surface area contributed by atoms with Gasteiger partial charge in [0.1, 0.15) is 15.6 Å². The molecule has 0 aliphatic carbocycles. The lowest BCUT2D eigenvalue weighted by Gasteiger charge is -2.12. The minimum absolute atomic E-state index is 0.0152. The molecule has 1 aromatic rings. The number of nitrogens with one attached hydrogen (secondary N) is 1. The monoisotopic (exact) mass is 301 g/mol. The summed E-state index contributed by atoms with van der Waals surface area (Å²) in [6.45, 7) is 1.60. The standard InChI is InChI=1S/C11H15N3O3S2/c12-11(18)10-9(2-1-4-13-10)19(15,16)14-6-8-3-5-17-7-8/h1-2,4,8,14H,3,5-7H2,(H2,12,18). The molecule has 0 bridgehead atoms. The van der Waals surface area contributed by atoms with Gasteiger partial charge in [0.05, 0.1) is 6.61 Å². The summed E-state index contributed by atoms with van der Waals surface area (Å²) in [5, 5.41) is 0. The molecule has 2 heterocycles. The quantitative estimate of drug-likeness (QED) is 0.745. The summed E-state index contributed by atoms with van der Waals surface area (Å²) in [7, 11) is -3.66. The maximum Gasteiger partial charge on any atom is 0.242 e. The topological polar surface area (TPSA) is 94.3 Å². The molecule has 1 aliphatic heterocycles. The molecule has 3 N–H and O–H groups in total. The number of hydrogen-bond donors (Lipinski definition) is 2. The Kier molecular flexibility index (Phi) is 4.46. The molecule has 1 fully saturated rings. The molecule has 2 rings (SSSR count). The Bertz CT molecular complexity index is 568. The number of nitrogens with zero attached hydrogens (tertiary/aromatic N) is 1. The van der Waals surface area contributed by atoms with Gasteiger partial charge in [-0.25, -0.2) is 13.1 Å². The van der Waals surface area contributed by atoms with Crippen molar-refractivity contribution >= 4 is 27.2 Å². The molecule has 0 aromatic carbocycles. The van der Waals surface area contributed by atoms with Crippen molar-refractivity contribution in [3.05, 3.63) is 24.0 Å². The summed E-state index contributed by atoms with van der Waals surface area (Å²) < 4.78 is 32.2. The summed E-state index contributed by atoms with van der Waals surface area (Å²) >= 11 is 4.81. The van der Waals surface area contributed by atoms with E-state index < -0.39 is 10.0 Å². The number of nitrogens with two attached hydrogens (primary N) is 1. The Morgan fingerprint density at radius 1 is 1.63 bits per heavy atom. The summed E-state index contributed by atoms with van der Waals surface area (Å²) in [4.78, 5) is 3.89. The first-order valence-corrected chi connectivity index (χ1v) is 7.72. The van der Waals surface area contributed by atoms with Crippen LogP contribution in [0.3, 0.4) is 0 Å². The summed E-state index contributed by atoms with van der Waals surface area (Å²) in [6, 6.07) is 2.98. The number of hydrogen-bond acceptors (Lipinski definition) is 5. The molecule has 19 heavy (non-hydrogen) atoms. The first kappa shape index (κ1) is 14.3. The normalized spacial score (nSPS) is 19.5. The van der Waals surface area contributed by atoms with E-state index in [0.717, 1.165) is 6.42 Å². The van der Waals surface area contributed by atoms with Crippen LogP contribution in [0.15, 0.2) is 23.2 Å². The van der Waals surface area contributed by atoms with E-state index in [1.165, 1.54) is 18.3 Å². The summed E-state index contributed by atoms with van der Waals surface area (Å²) in [6.07, 6.45) is 2.32. The predicted octanol–water partition coefficient (Wildman–Crippen LogP) is 0.0306. The largest absolute Gasteiger partial charge is 0.388 e. The van der Waals surface area contributed by atoms with Crippen LogP contribution in [0, 0.1) is 5.92 Å². The minimum atomic E-state index is -3.66. The second-order valence-corrected chi connectivity index (χ2v) is 6.47. The molecule has 0 amide bonds. The zero-order chi connectivity index (χ0) is 13.9. The summed E-state index contributed by atoms with van der Waals surface area (Å²) in [5.41, 5.74) is 5.60. The molecule has 1 unspecified atom stereocenters. The maximum atomic E-state index is 12.2. The lowest BCUT2D eigenvalue weighted by atomic mass is 10.1. The summed E-state index contributed by atoms with van der Waals surface area (Å²) in [5.74, 6) is 0.208. The van der Waals surface area contributed by atoms with Crippen molar-refractivity contribution in [1.82, 2.24) is 9.71 Å². The molecule has 1 atom stereocenters. The van der Waals surface area contributed by atoms with Gasteiger partial charge in [0.25, 0.3) is 0 Å². The fraction of sp³-hybridized carbons (Fsp3) is 0.455. The highest BCUT2D eigenvalue weighted by Crippen LogP contribution is 2.15. The minimum Gasteiger partial charge on any atom is -0.388 e. The highest BCUT2D eigenvalue weighted by atomic mass is 32.2. The fourth-order valence-corrected chi connectivity index (χ4v) is 3.35. The lowest BCUT2D eigenvalue weighted by molar-refractivity contribution is 0.186. The van der Waals surface area contributed by atoms with E-state index in [1.54, 1.807) is 0 Å². The average molecular weight is 301 g/mol. The molecule has 1 saturated heterocycles. The van der Waals surface area contributed by atoms with Crippen molar-refractivity contribution in [3.8, 4) is 0 Å². The van der Waals surface area contributed by atoms with E-state index in [-0.39, 0.29) is 21.5 Å². The first-order valence-electron chi connectivity index (χ1n) is 5.83. The van der Waals surface area contributed by atoms with Crippen molar-refractivity contribution in [2.75, 3.05) is 19.8 Å². The van der Waals surface area contributed by atoms with E-state index >= 15 is 0 Å². The number of pyridine rings is 1. The fourth-order valence-electron chi connectivity index (χ4n) is 1.84. The van der Waals surface area contributed by atoms with Gasteiger partial charge in [-0.3, -0.25) is 4.98 Å². The number of aromatic nitrogens is 1. The number of ether oxygens (including phenoxy) is 1. The van der Waals surface area contributed by atoms with Crippen LogP contribution in [0.25, 0.3) is 0 Å². The van der Waals surface area contributed by atoms with E-state index in [0.29, 0.717) is 19.8 Å². The van der Waals surface area contributed by atoms with Crippen LogP contribution < -0.4 is 10.5 Å². The van der Waals surface area contributed by atoms with Crippen molar-refractivity contribution < 1.29 is 13.2 Å². The molecule has 1 aromatic heterocycles. The predicted molar refractivity (Wildman–Crippen MR) is 74.2 cm³/mol. The molecular formula is C11H15N3O3S2. The van der Waals surface area contributed by atoms with Crippen LogP contribution in [-0.2, 0) is 14.8 Å². The number of thiocarbonyl (C=S) groups is 1. The second-order valence-electron chi connectivity index (χ2n) is 4.30. The SMILES string of the molecule is NC(=S)c1ncccc1S(=O)(=O)NCC1CCOC1. The van der Waals surface area contributed by atoms with Crippen molar-refractivity contribution in [2.45, 2.75) is 11.3 Å². The van der Waals surface area contributed by atoms with Crippen LogP contribution in [-0.4, -0.2) is 38.1 Å². The van der Waals surface area contributed by atoms with Gasteiger partial charge in [-0.15, -0.1) is 0 Å². The van der Waals surface area contributed by atoms with E-state index in [2.05, 4.69) is 9.71 Å². The number of rotatable bonds is 5. The zero-order valence-electron chi connectivity index (χ0n) is 10.2. The Morgan fingerprint density at radius 2 is 2.42 bits per heavy atom. The Hall–Kier alpha value is -1.09. The average Bonchev–Trinajstić information content (AvgIpc) is 2.89. The molecule has 6 nitrogen and oxygen atoms in total. The van der Waals surface area contributed by atoms with Gasteiger partial charge in [-0.2, -0.15) is 0 Å². The zero-order valence-corrected chi connectivity index (χ0v) is 11.8. The third-order valence-electron chi connectivity index (χ3n) is 2.88. The van der Waals surface area contributed by atoms with Gasteiger partial charge in [0, 0.05) is 19.3 Å². The van der Waals surface area contributed by atoms with E-state index in [1.807, 2.05) is 0 Å². The van der Waals surface area contributed by atoms with Gasteiger partial charge in [-0.1, -0.05) is 12.2 Å². The highest BCUT2D eigenvalue weighted by Gasteiger charge is 2.23. The van der Waals surface area contributed by atoms with Gasteiger partial charge < -0.3 is 10.5 Å². The van der Waals surface area contributed by atoms with Crippen molar-refractivity contribution in [2.24, 2.45) is 11.7 Å². The molecule has 1 aliphatic rings. The third-order valence-corrected chi connectivity index (χ3v) is 4.53. The first-order chi connectivity index (χ1) is 9.00. The van der Waals surface area contributed by atoms with E-state index in [4.69, 9.17) is 22.7 Å². The molecule has 0 radical (unpaired) electrons. The van der Waals surface area contributed by atoms with Crippen molar-refractivity contribution in [3.63, 3.8) is 0 Å². The van der Waals surface area contributed by atoms with Crippen LogP contribution in [0.2, 0.25) is 0 Å². The molecule has 0 saturated carbocycles. The van der Waals surface area contributed by atoms with Gasteiger partial charge in [-0.05, 0) is 24.5 Å². The van der Waals surface area contributed by atoms with E-state index in [9.17, 15) is 8.42 Å². The van der Waals surface area contributed by atoms with Crippen LogP contribution >= 0.6 is 12.2 Å². The van der Waals surface area contributed by atoms with Crippen LogP contribution in [0.5, 0.6) is 0 Å².